The number of carbonyl (C=O) groups excluding carboxylic acids is 1. The highest BCUT2D eigenvalue weighted by atomic mass is 35.5. The van der Waals surface area contributed by atoms with Gasteiger partial charge in [0.15, 0.2) is 0 Å². The third kappa shape index (κ3) is 4.80. The van der Waals surface area contributed by atoms with Gasteiger partial charge in [0.2, 0.25) is 0 Å². The molecule has 8 heteroatoms. The first-order chi connectivity index (χ1) is 11.9. The molecular formula is C17H13ClN4O3. The number of non-ortho nitro benzene ring substituents is 1. The summed E-state index contributed by atoms with van der Waals surface area (Å²) in [7, 11) is 0. The Morgan fingerprint density at radius 2 is 2.08 bits per heavy atom. The van der Waals surface area contributed by atoms with Gasteiger partial charge in [-0.05, 0) is 36.8 Å². The Balaban J connectivity index is 2.14. The van der Waals surface area contributed by atoms with E-state index in [2.05, 4.69) is 10.6 Å². The molecule has 0 aliphatic heterocycles. The fraction of sp³-hybridized carbons (Fsp3) is 0.0588. The van der Waals surface area contributed by atoms with Crippen molar-refractivity contribution in [2.75, 3.05) is 10.6 Å². The largest absolute Gasteiger partial charge is 0.360 e. The molecule has 0 atom stereocenters. The van der Waals surface area contributed by atoms with Gasteiger partial charge in [-0.15, -0.1) is 0 Å². The minimum absolute atomic E-state index is 0.157. The molecule has 2 aromatic rings. The molecule has 0 unspecified atom stereocenters. The Labute approximate surface area is 148 Å². The summed E-state index contributed by atoms with van der Waals surface area (Å²) in [5, 5.41) is 25.8. The Morgan fingerprint density at radius 3 is 2.72 bits per heavy atom. The number of nitrogens with zero attached hydrogens (tertiary/aromatic N) is 2. The summed E-state index contributed by atoms with van der Waals surface area (Å²) >= 11 is 5.88. The lowest BCUT2D eigenvalue weighted by molar-refractivity contribution is -0.384. The molecule has 0 radical (unpaired) electrons. The fourth-order valence-electron chi connectivity index (χ4n) is 1.98. The zero-order valence-electron chi connectivity index (χ0n) is 13.1. The van der Waals surface area contributed by atoms with Crippen molar-refractivity contribution < 1.29 is 9.72 Å². The highest BCUT2D eigenvalue weighted by Crippen LogP contribution is 2.20. The molecular weight excluding hydrogens is 344 g/mol. The third-order valence-electron chi connectivity index (χ3n) is 3.24. The van der Waals surface area contributed by atoms with E-state index in [1.807, 2.05) is 6.92 Å². The summed E-state index contributed by atoms with van der Waals surface area (Å²) < 4.78 is 0. The van der Waals surface area contributed by atoms with E-state index in [-0.39, 0.29) is 16.9 Å². The van der Waals surface area contributed by atoms with Crippen molar-refractivity contribution in [3.8, 4) is 6.07 Å². The number of amides is 1. The van der Waals surface area contributed by atoms with Crippen LogP contribution >= 0.6 is 11.6 Å². The summed E-state index contributed by atoms with van der Waals surface area (Å²) in [4.78, 5) is 22.3. The highest BCUT2D eigenvalue weighted by Gasteiger charge is 2.12. The van der Waals surface area contributed by atoms with Gasteiger partial charge in [-0.25, -0.2) is 0 Å². The molecule has 0 saturated heterocycles. The number of benzene rings is 2. The van der Waals surface area contributed by atoms with Gasteiger partial charge in [0.05, 0.1) is 4.92 Å². The van der Waals surface area contributed by atoms with Gasteiger partial charge in [-0.3, -0.25) is 14.9 Å². The molecule has 2 rings (SSSR count). The Bertz CT molecular complexity index is 903. The second-order valence-electron chi connectivity index (χ2n) is 5.03. The molecule has 0 spiro atoms. The predicted octanol–water partition coefficient (Wildman–Crippen LogP) is 4.01. The average Bonchev–Trinajstić information content (AvgIpc) is 2.57. The van der Waals surface area contributed by atoms with Crippen LogP contribution in [0, 0.1) is 28.4 Å². The molecule has 0 fully saturated rings. The SMILES string of the molecule is Cc1cc(Cl)ccc1N/C=C(/C#N)C(=O)Nc1cccc([N+](=O)[O-])c1. The lowest BCUT2D eigenvalue weighted by atomic mass is 10.2. The zero-order chi connectivity index (χ0) is 18.4. The topological polar surface area (TPSA) is 108 Å². The van der Waals surface area contributed by atoms with E-state index < -0.39 is 10.8 Å². The van der Waals surface area contributed by atoms with Crippen LogP contribution in [0.1, 0.15) is 5.56 Å². The van der Waals surface area contributed by atoms with Crippen LogP contribution in [0.15, 0.2) is 54.2 Å². The van der Waals surface area contributed by atoms with Crippen LogP contribution in [0.25, 0.3) is 0 Å². The Morgan fingerprint density at radius 1 is 1.32 bits per heavy atom. The third-order valence-corrected chi connectivity index (χ3v) is 3.48. The van der Waals surface area contributed by atoms with Gasteiger partial charge in [-0.1, -0.05) is 17.7 Å². The number of anilines is 2. The normalized spacial score (nSPS) is 10.7. The molecule has 2 N–H and O–H groups in total. The van der Waals surface area contributed by atoms with Crippen molar-refractivity contribution in [2.45, 2.75) is 6.92 Å². The first-order valence-corrected chi connectivity index (χ1v) is 7.47. The van der Waals surface area contributed by atoms with E-state index in [9.17, 15) is 14.9 Å². The van der Waals surface area contributed by atoms with Crippen molar-refractivity contribution in [1.29, 1.82) is 5.26 Å². The molecule has 0 aromatic heterocycles. The van der Waals surface area contributed by atoms with E-state index in [1.165, 1.54) is 30.5 Å². The summed E-state index contributed by atoms with van der Waals surface area (Å²) in [6, 6.07) is 12.4. The van der Waals surface area contributed by atoms with Crippen molar-refractivity contribution >= 4 is 34.6 Å². The van der Waals surface area contributed by atoms with Crippen LogP contribution in [-0.2, 0) is 4.79 Å². The maximum Gasteiger partial charge on any atom is 0.271 e. The summed E-state index contributed by atoms with van der Waals surface area (Å²) in [5.41, 5.74) is 1.43. The van der Waals surface area contributed by atoms with Crippen LogP contribution < -0.4 is 10.6 Å². The maximum atomic E-state index is 12.2. The van der Waals surface area contributed by atoms with Gasteiger partial charge in [0.1, 0.15) is 11.6 Å². The Hall–Kier alpha value is -3.37. The van der Waals surface area contributed by atoms with Crippen LogP contribution in [0.4, 0.5) is 17.1 Å². The predicted molar refractivity (Wildman–Crippen MR) is 95.2 cm³/mol. The minimum atomic E-state index is -0.679. The number of nitriles is 1. The standard InChI is InChI=1S/C17H13ClN4O3/c1-11-7-13(18)5-6-16(11)20-10-12(9-19)17(23)21-14-3-2-4-15(8-14)22(24)25/h2-8,10,20H,1H3,(H,21,23)/b12-10-. The Kier molecular flexibility index (Phi) is 5.71. The maximum absolute atomic E-state index is 12.2. The highest BCUT2D eigenvalue weighted by molar-refractivity contribution is 6.30. The van der Waals surface area contributed by atoms with Gasteiger partial charge >= 0.3 is 0 Å². The van der Waals surface area contributed by atoms with Crippen molar-refractivity contribution in [1.82, 2.24) is 0 Å². The van der Waals surface area contributed by atoms with E-state index in [1.54, 1.807) is 24.3 Å². The number of nitro benzene ring substituents is 1. The average molecular weight is 357 g/mol. The van der Waals surface area contributed by atoms with E-state index >= 15 is 0 Å². The van der Waals surface area contributed by atoms with E-state index in [0.717, 1.165) is 5.56 Å². The number of nitrogens with one attached hydrogen (secondary N) is 2. The number of aryl methyl sites for hydroxylation is 1. The second kappa shape index (κ2) is 7.95. The summed E-state index contributed by atoms with van der Waals surface area (Å²) in [6.07, 6.45) is 1.27. The number of hydrogen-bond acceptors (Lipinski definition) is 5. The molecule has 0 aliphatic carbocycles. The summed E-state index contributed by atoms with van der Waals surface area (Å²) in [5.74, 6) is -0.679. The van der Waals surface area contributed by atoms with Gasteiger partial charge in [0.25, 0.3) is 11.6 Å². The smallest absolute Gasteiger partial charge is 0.271 e. The van der Waals surface area contributed by atoms with Crippen LogP contribution in [0.2, 0.25) is 5.02 Å². The van der Waals surface area contributed by atoms with Gasteiger partial charge < -0.3 is 10.6 Å². The van der Waals surface area contributed by atoms with Gasteiger partial charge in [0, 0.05) is 34.7 Å². The number of halogens is 1. The molecule has 1 amide bonds. The molecule has 25 heavy (non-hydrogen) atoms. The monoisotopic (exact) mass is 356 g/mol. The second-order valence-corrected chi connectivity index (χ2v) is 5.47. The summed E-state index contributed by atoms with van der Waals surface area (Å²) in [6.45, 7) is 1.83. The van der Waals surface area contributed by atoms with Gasteiger partial charge in [-0.2, -0.15) is 5.26 Å². The van der Waals surface area contributed by atoms with Crippen molar-refractivity contribution in [3.05, 3.63) is 74.9 Å². The number of rotatable bonds is 5. The van der Waals surface area contributed by atoms with Crippen molar-refractivity contribution in [3.63, 3.8) is 0 Å². The molecule has 0 aliphatic rings. The van der Waals surface area contributed by atoms with E-state index in [0.29, 0.717) is 10.7 Å². The van der Waals surface area contributed by atoms with E-state index in [4.69, 9.17) is 16.9 Å². The molecule has 0 heterocycles. The quantitative estimate of drug-likeness (QED) is 0.364. The fourth-order valence-corrected chi connectivity index (χ4v) is 2.21. The molecule has 0 saturated carbocycles. The molecule has 7 nitrogen and oxygen atoms in total. The van der Waals surface area contributed by atoms with Crippen LogP contribution in [-0.4, -0.2) is 10.8 Å². The number of hydrogen-bond donors (Lipinski definition) is 2. The lowest BCUT2D eigenvalue weighted by Crippen LogP contribution is -2.14. The lowest BCUT2D eigenvalue weighted by Gasteiger charge is -2.07. The first kappa shape index (κ1) is 18.0. The first-order valence-electron chi connectivity index (χ1n) is 7.09. The minimum Gasteiger partial charge on any atom is -0.360 e. The zero-order valence-corrected chi connectivity index (χ0v) is 13.9. The number of carbonyl (C=O) groups is 1. The number of nitro groups is 1. The molecule has 126 valence electrons. The molecule has 0 bridgehead atoms. The van der Waals surface area contributed by atoms with Crippen LogP contribution in [0.3, 0.4) is 0 Å². The van der Waals surface area contributed by atoms with Crippen molar-refractivity contribution in [2.24, 2.45) is 0 Å². The molecule has 2 aromatic carbocycles. The van der Waals surface area contributed by atoms with Crippen LogP contribution in [0.5, 0.6) is 0 Å².